The van der Waals surface area contributed by atoms with Crippen molar-refractivity contribution in [3.8, 4) is 5.75 Å². The molecule has 2 N–H and O–H groups in total. The molecule has 1 heterocycles. The molecule has 104 valence electrons. The van der Waals surface area contributed by atoms with Crippen LogP contribution in [-0.4, -0.2) is 43.0 Å². The Bertz CT molecular complexity index is 432. The lowest BCUT2D eigenvalue weighted by molar-refractivity contribution is -0.151. The van der Waals surface area contributed by atoms with Crippen molar-refractivity contribution in [1.29, 1.82) is 0 Å². The number of carbonyl (C=O) groups is 1. The van der Waals surface area contributed by atoms with E-state index in [0.29, 0.717) is 13.0 Å². The number of hydrogen-bond acceptors (Lipinski definition) is 5. The zero-order valence-electron chi connectivity index (χ0n) is 11.1. The minimum absolute atomic E-state index is 0.0627. The fraction of sp³-hybridized carbons (Fsp3) is 0.500. The van der Waals surface area contributed by atoms with Crippen LogP contribution in [0.2, 0.25) is 0 Å². The van der Waals surface area contributed by atoms with Gasteiger partial charge in [-0.3, -0.25) is 4.79 Å². The van der Waals surface area contributed by atoms with E-state index in [0.717, 1.165) is 11.3 Å². The normalized spacial score (nSPS) is 26.2. The SMILES string of the molecule is COc1ccc(C[C@H]2NC[C@@H](O)[C@H]2OC(C)=O)cc1. The highest BCUT2D eigenvalue weighted by molar-refractivity contribution is 5.66. The summed E-state index contributed by atoms with van der Waals surface area (Å²) in [6, 6.07) is 7.65. The Morgan fingerprint density at radius 1 is 1.42 bits per heavy atom. The van der Waals surface area contributed by atoms with Gasteiger partial charge < -0.3 is 19.9 Å². The first kappa shape index (κ1) is 13.8. The van der Waals surface area contributed by atoms with Crippen molar-refractivity contribution < 1.29 is 19.4 Å². The summed E-state index contributed by atoms with van der Waals surface area (Å²) < 4.78 is 10.3. The number of rotatable bonds is 4. The van der Waals surface area contributed by atoms with E-state index in [9.17, 15) is 9.90 Å². The van der Waals surface area contributed by atoms with Crippen LogP contribution in [0.25, 0.3) is 0 Å². The highest BCUT2D eigenvalue weighted by atomic mass is 16.6. The first-order valence-electron chi connectivity index (χ1n) is 6.31. The third kappa shape index (κ3) is 3.45. The van der Waals surface area contributed by atoms with Crippen LogP contribution >= 0.6 is 0 Å². The molecule has 0 bridgehead atoms. The van der Waals surface area contributed by atoms with Crippen molar-refractivity contribution in [3.05, 3.63) is 29.8 Å². The summed E-state index contributed by atoms with van der Waals surface area (Å²) in [6.07, 6.45) is -0.439. The molecular weight excluding hydrogens is 246 g/mol. The predicted octanol–water partition coefficient (Wildman–Crippen LogP) is 0.502. The summed E-state index contributed by atoms with van der Waals surface area (Å²) in [7, 11) is 1.63. The Morgan fingerprint density at radius 3 is 2.68 bits per heavy atom. The Kier molecular flexibility index (Phi) is 4.39. The van der Waals surface area contributed by atoms with E-state index in [-0.39, 0.29) is 12.0 Å². The monoisotopic (exact) mass is 265 g/mol. The highest BCUT2D eigenvalue weighted by Gasteiger charge is 2.37. The van der Waals surface area contributed by atoms with Gasteiger partial charge in [0.25, 0.3) is 0 Å². The number of esters is 1. The minimum Gasteiger partial charge on any atom is -0.497 e. The lowest BCUT2D eigenvalue weighted by atomic mass is 10.0. The standard InChI is InChI=1S/C14H19NO4/c1-9(16)19-14-12(15-8-13(14)17)7-10-3-5-11(18-2)6-4-10/h3-6,12-15,17H,7-8H2,1-2H3/t12-,13-,14+/m1/s1. The zero-order chi connectivity index (χ0) is 13.8. The van der Waals surface area contributed by atoms with Gasteiger partial charge in [-0.25, -0.2) is 0 Å². The van der Waals surface area contributed by atoms with E-state index >= 15 is 0 Å². The van der Waals surface area contributed by atoms with Crippen LogP contribution in [0.4, 0.5) is 0 Å². The molecule has 0 saturated carbocycles. The molecule has 1 fully saturated rings. The summed E-state index contributed by atoms with van der Waals surface area (Å²) in [5.41, 5.74) is 1.10. The van der Waals surface area contributed by atoms with Crippen molar-refractivity contribution >= 4 is 5.97 Å². The van der Waals surface area contributed by atoms with Gasteiger partial charge in [-0.1, -0.05) is 12.1 Å². The van der Waals surface area contributed by atoms with Gasteiger partial charge in [0.05, 0.1) is 13.2 Å². The van der Waals surface area contributed by atoms with Gasteiger partial charge in [0.2, 0.25) is 0 Å². The van der Waals surface area contributed by atoms with E-state index in [1.54, 1.807) is 7.11 Å². The molecule has 0 spiro atoms. The number of carbonyl (C=O) groups excluding carboxylic acids is 1. The summed E-state index contributed by atoms with van der Waals surface area (Å²) in [4.78, 5) is 11.0. The molecule has 1 aliphatic heterocycles. The van der Waals surface area contributed by atoms with E-state index in [1.165, 1.54) is 6.92 Å². The Balaban J connectivity index is 2.02. The van der Waals surface area contributed by atoms with Crippen LogP contribution in [0.1, 0.15) is 12.5 Å². The Morgan fingerprint density at radius 2 is 2.11 bits per heavy atom. The van der Waals surface area contributed by atoms with Crippen LogP contribution in [0.5, 0.6) is 5.75 Å². The van der Waals surface area contributed by atoms with Crippen LogP contribution < -0.4 is 10.1 Å². The molecule has 0 aromatic heterocycles. The molecule has 1 aromatic rings. The van der Waals surface area contributed by atoms with Crippen LogP contribution in [0.15, 0.2) is 24.3 Å². The number of ether oxygens (including phenoxy) is 2. The quantitative estimate of drug-likeness (QED) is 0.776. The van der Waals surface area contributed by atoms with Crippen molar-refractivity contribution in [3.63, 3.8) is 0 Å². The fourth-order valence-corrected chi connectivity index (χ4v) is 2.33. The summed E-state index contributed by atoms with van der Waals surface area (Å²) in [5.74, 6) is 0.437. The van der Waals surface area contributed by atoms with Crippen molar-refractivity contribution in [1.82, 2.24) is 5.32 Å². The number of β-amino-alcohol motifs (C(OH)–C–C–N with tert-alkyl or cyclic N) is 1. The van der Waals surface area contributed by atoms with Gasteiger partial charge in [-0.2, -0.15) is 0 Å². The van der Waals surface area contributed by atoms with Gasteiger partial charge >= 0.3 is 5.97 Å². The van der Waals surface area contributed by atoms with Crippen molar-refractivity contribution in [2.24, 2.45) is 0 Å². The second-order valence-electron chi connectivity index (χ2n) is 4.71. The maximum absolute atomic E-state index is 11.0. The summed E-state index contributed by atoms with van der Waals surface area (Å²) in [5, 5.41) is 13.0. The number of benzene rings is 1. The number of hydrogen-bond donors (Lipinski definition) is 2. The van der Waals surface area contributed by atoms with Gasteiger partial charge in [0.1, 0.15) is 18.0 Å². The molecule has 1 saturated heterocycles. The van der Waals surface area contributed by atoms with Crippen LogP contribution in [-0.2, 0) is 16.0 Å². The van der Waals surface area contributed by atoms with E-state index in [1.807, 2.05) is 24.3 Å². The van der Waals surface area contributed by atoms with Gasteiger partial charge in [0.15, 0.2) is 0 Å². The maximum atomic E-state index is 11.0. The van der Waals surface area contributed by atoms with Gasteiger partial charge in [-0.15, -0.1) is 0 Å². The molecule has 19 heavy (non-hydrogen) atoms. The molecule has 0 unspecified atom stereocenters. The third-order valence-electron chi connectivity index (χ3n) is 3.28. The molecule has 0 radical (unpaired) electrons. The first-order chi connectivity index (χ1) is 9.10. The third-order valence-corrected chi connectivity index (χ3v) is 3.28. The number of nitrogens with one attached hydrogen (secondary N) is 1. The fourth-order valence-electron chi connectivity index (χ4n) is 2.33. The van der Waals surface area contributed by atoms with Crippen molar-refractivity contribution in [2.45, 2.75) is 31.6 Å². The highest BCUT2D eigenvalue weighted by Crippen LogP contribution is 2.19. The number of methoxy groups -OCH3 is 1. The summed E-state index contributed by atoms with van der Waals surface area (Å²) in [6.45, 7) is 1.80. The van der Waals surface area contributed by atoms with Crippen molar-refractivity contribution in [2.75, 3.05) is 13.7 Å². The van der Waals surface area contributed by atoms with Gasteiger partial charge in [0, 0.05) is 13.5 Å². The van der Waals surface area contributed by atoms with Crippen LogP contribution in [0.3, 0.4) is 0 Å². The Hall–Kier alpha value is -1.59. The molecule has 1 aliphatic rings. The largest absolute Gasteiger partial charge is 0.497 e. The number of aliphatic hydroxyl groups excluding tert-OH is 1. The minimum atomic E-state index is -0.646. The summed E-state index contributed by atoms with van der Waals surface area (Å²) >= 11 is 0. The Labute approximate surface area is 112 Å². The van der Waals surface area contributed by atoms with Gasteiger partial charge in [-0.05, 0) is 24.1 Å². The zero-order valence-corrected chi connectivity index (χ0v) is 11.1. The maximum Gasteiger partial charge on any atom is 0.303 e. The van der Waals surface area contributed by atoms with E-state index in [2.05, 4.69) is 5.32 Å². The predicted molar refractivity (Wildman–Crippen MR) is 70.0 cm³/mol. The lowest BCUT2D eigenvalue weighted by Crippen LogP contribution is -2.38. The average Bonchev–Trinajstić information content (AvgIpc) is 2.72. The molecule has 0 aliphatic carbocycles. The molecule has 5 nitrogen and oxygen atoms in total. The molecule has 3 atom stereocenters. The molecular formula is C14H19NO4. The smallest absolute Gasteiger partial charge is 0.303 e. The number of aliphatic hydroxyl groups is 1. The molecule has 1 aromatic carbocycles. The lowest BCUT2D eigenvalue weighted by Gasteiger charge is -2.21. The second kappa shape index (κ2) is 6.04. The van der Waals surface area contributed by atoms with Crippen LogP contribution in [0, 0.1) is 0 Å². The molecule has 0 amide bonds. The van der Waals surface area contributed by atoms with E-state index in [4.69, 9.17) is 9.47 Å². The molecule has 5 heteroatoms. The van der Waals surface area contributed by atoms with E-state index < -0.39 is 12.2 Å². The molecule has 2 rings (SSSR count). The first-order valence-corrected chi connectivity index (χ1v) is 6.31. The second-order valence-corrected chi connectivity index (χ2v) is 4.71. The average molecular weight is 265 g/mol. The topological polar surface area (TPSA) is 67.8 Å².